The number of fused-ring (bicyclic) bond motifs is 2. The average molecular weight is 1060 g/mol. The van der Waals surface area contributed by atoms with Crippen molar-refractivity contribution in [2.24, 2.45) is 0 Å². The fraction of sp³-hybridized carbons (Fsp3) is 0. The maximum Gasteiger partial charge on any atom is 0.0992 e. The number of hydrogen-bond donors (Lipinski definition) is 0. The molecule has 84 heavy (non-hydrogen) atoms. The van der Waals surface area contributed by atoms with Gasteiger partial charge in [-0.25, -0.2) is 0 Å². The molecule has 0 saturated heterocycles. The van der Waals surface area contributed by atoms with Crippen LogP contribution in [-0.2, 0) is 0 Å². The van der Waals surface area contributed by atoms with E-state index in [1.54, 1.807) is 0 Å². The van der Waals surface area contributed by atoms with Crippen LogP contribution in [0.4, 0.5) is 0 Å². The molecular weight excluding hydrogens is 1020 g/mol. The largest absolute Gasteiger partial charge is 0.309 e. The molecule has 0 spiro atoms. The van der Waals surface area contributed by atoms with Gasteiger partial charge in [0.15, 0.2) is 0 Å². The summed E-state index contributed by atoms with van der Waals surface area (Å²) in [6, 6.07) is 106. The maximum absolute atomic E-state index is 10.2. The van der Waals surface area contributed by atoms with E-state index in [1.165, 1.54) is 43.8 Å². The second kappa shape index (κ2) is 18.5. The summed E-state index contributed by atoms with van der Waals surface area (Å²) < 4.78 is 4.67. The molecule has 0 aliphatic carbocycles. The Kier molecular flexibility index (Phi) is 10.4. The Morgan fingerprint density at radius 2 is 0.536 bits per heavy atom. The van der Waals surface area contributed by atoms with Gasteiger partial charge in [-0.2, -0.15) is 10.5 Å². The molecule has 2 aromatic heterocycles. The highest BCUT2D eigenvalue weighted by Gasteiger charge is 2.24. The molecule has 0 fully saturated rings. The van der Waals surface area contributed by atoms with Crippen molar-refractivity contribution in [3.63, 3.8) is 0 Å². The molecule has 0 aliphatic rings. The minimum atomic E-state index is 0.642. The summed E-state index contributed by atoms with van der Waals surface area (Å²) in [5.74, 6) is 0. The zero-order valence-corrected chi connectivity index (χ0v) is 45.3. The predicted octanol–water partition coefficient (Wildman–Crippen LogP) is 21.1. The van der Waals surface area contributed by atoms with E-state index >= 15 is 0 Å². The standard InChI is InChI=1S/C80H46N4/c81-47-49-37-59-29-31-61-41-63(45-73-79(61)77(59)71(39-49)83(73)65-17-9-3-10-18-65)57-34-36-68-69(43-57)75(55-25-21-53(22-26-55)51-13-5-1-6-14-51)67-35-33-58(44-70(67)76(68)56-27-23-54(24-28-56)52-15-7-2-8-16-52)64-42-62-32-30-60-38-50(48-82)40-72-78(60)80(62)74(46-64)84(72)66-19-11-4-12-20-66/h1-46H. The lowest BCUT2D eigenvalue weighted by Crippen LogP contribution is -1.95. The first kappa shape index (κ1) is 47.3. The maximum atomic E-state index is 10.2. The smallest absolute Gasteiger partial charge is 0.0992 e. The van der Waals surface area contributed by atoms with Crippen LogP contribution in [0.15, 0.2) is 279 Å². The van der Waals surface area contributed by atoms with Crippen molar-refractivity contribution in [3.8, 4) is 90.3 Å². The van der Waals surface area contributed by atoms with Gasteiger partial charge < -0.3 is 9.13 Å². The fourth-order valence-corrected chi connectivity index (χ4v) is 13.8. The average Bonchev–Trinajstić information content (AvgIpc) is 1.78. The summed E-state index contributed by atoms with van der Waals surface area (Å²) in [5, 5.41) is 34.3. The van der Waals surface area contributed by atoms with Crippen LogP contribution in [0, 0.1) is 22.7 Å². The third-order valence-electron chi connectivity index (χ3n) is 17.6. The zero-order chi connectivity index (χ0) is 55.6. The Morgan fingerprint density at radius 1 is 0.226 bits per heavy atom. The zero-order valence-electron chi connectivity index (χ0n) is 45.3. The molecule has 17 rings (SSSR count). The van der Waals surface area contributed by atoms with Crippen molar-refractivity contribution in [2.75, 3.05) is 0 Å². The molecule has 4 nitrogen and oxygen atoms in total. The summed E-state index contributed by atoms with van der Waals surface area (Å²) in [6.07, 6.45) is 0. The van der Waals surface area contributed by atoms with E-state index in [-0.39, 0.29) is 0 Å². The summed E-state index contributed by atoms with van der Waals surface area (Å²) >= 11 is 0. The van der Waals surface area contributed by atoms with Crippen LogP contribution >= 0.6 is 0 Å². The van der Waals surface area contributed by atoms with E-state index in [9.17, 15) is 10.5 Å². The van der Waals surface area contributed by atoms with Crippen molar-refractivity contribution in [2.45, 2.75) is 0 Å². The Hall–Kier alpha value is -11.6. The van der Waals surface area contributed by atoms with E-state index in [0.717, 1.165) is 121 Å². The summed E-state index contributed by atoms with van der Waals surface area (Å²) in [7, 11) is 0. The number of hydrogen-bond acceptors (Lipinski definition) is 2. The molecule has 0 aliphatic heterocycles. The van der Waals surface area contributed by atoms with E-state index < -0.39 is 0 Å². The van der Waals surface area contributed by atoms with Crippen LogP contribution in [-0.4, -0.2) is 9.13 Å². The highest BCUT2D eigenvalue weighted by molar-refractivity contribution is 6.28. The minimum absolute atomic E-state index is 0.642. The molecule has 4 heteroatoms. The monoisotopic (exact) mass is 1060 g/mol. The molecule has 0 atom stereocenters. The first-order valence-electron chi connectivity index (χ1n) is 28.5. The molecule has 386 valence electrons. The lowest BCUT2D eigenvalue weighted by atomic mass is 9.83. The Labute approximate surface area is 484 Å². The molecule has 2 heterocycles. The van der Waals surface area contributed by atoms with E-state index in [4.69, 9.17) is 0 Å². The molecule has 15 aromatic carbocycles. The van der Waals surface area contributed by atoms with Crippen molar-refractivity contribution in [1.82, 2.24) is 9.13 Å². The predicted molar refractivity (Wildman–Crippen MR) is 350 cm³/mol. The molecule has 0 unspecified atom stereocenters. The summed E-state index contributed by atoms with van der Waals surface area (Å²) in [6.45, 7) is 0. The molecule has 0 amide bonds. The minimum Gasteiger partial charge on any atom is -0.309 e. The number of rotatable bonds is 8. The number of para-hydroxylation sites is 2. The van der Waals surface area contributed by atoms with Crippen LogP contribution in [0.1, 0.15) is 11.1 Å². The highest BCUT2D eigenvalue weighted by atomic mass is 15.0. The van der Waals surface area contributed by atoms with Gasteiger partial charge >= 0.3 is 0 Å². The van der Waals surface area contributed by atoms with Gasteiger partial charge in [0.1, 0.15) is 0 Å². The number of nitriles is 2. The van der Waals surface area contributed by atoms with Crippen LogP contribution in [0.5, 0.6) is 0 Å². The van der Waals surface area contributed by atoms with Gasteiger partial charge in [0, 0.05) is 32.9 Å². The first-order valence-corrected chi connectivity index (χ1v) is 28.5. The third kappa shape index (κ3) is 7.25. The van der Waals surface area contributed by atoms with Crippen molar-refractivity contribution in [3.05, 3.63) is 290 Å². The van der Waals surface area contributed by atoms with Crippen molar-refractivity contribution < 1.29 is 0 Å². The number of benzene rings is 15. The van der Waals surface area contributed by atoms with Crippen molar-refractivity contribution in [1.29, 1.82) is 10.5 Å². The lowest BCUT2D eigenvalue weighted by molar-refractivity contribution is 1.18. The van der Waals surface area contributed by atoms with E-state index in [2.05, 4.69) is 276 Å². The van der Waals surface area contributed by atoms with Gasteiger partial charge in [0.25, 0.3) is 0 Å². The van der Waals surface area contributed by atoms with Crippen LogP contribution in [0.25, 0.3) is 165 Å². The van der Waals surface area contributed by atoms with E-state index in [0.29, 0.717) is 11.1 Å². The van der Waals surface area contributed by atoms with Crippen LogP contribution in [0.3, 0.4) is 0 Å². The Morgan fingerprint density at radius 3 is 0.905 bits per heavy atom. The molecule has 0 bridgehead atoms. The molecule has 0 N–H and O–H groups in total. The molecular formula is C80H46N4. The first-order chi connectivity index (χ1) is 41.5. The van der Waals surface area contributed by atoms with Gasteiger partial charge in [-0.15, -0.1) is 0 Å². The molecule has 0 radical (unpaired) electrons. The van der Waals surface area contributed by atoms with Gasteiger partial charge in [0.2, 0.25) is 0 Å². The van der Waals surface area contributed by atoms with Gasteiger partial charge in [-0.3, -0.25) is 0 Å². The van der Waals surface area contributed by atoms with Gasteiger partial charge in [-0.1, -0.05) is 194 Å². The number of aromatic nitrogens is 2. The van der Waals surface area contributed by atoms with E-state index in [1.807, 2.05) is 24.3 Å². The summed E-state index contributed by atoms with van der Waals surface area (Å²) in [5.41, 5.74) is 21.4. The second-order valence-corrected chi connectivity index (χ2v) is 22.2. The van der Waals surface area contributed by atoms with Crippen LogP contribution in [0.2, 0.25) is 0 Å². The lowest BCUT2D eigenvalue weighted by Gasteiger charge is -2.20. The molecule has 0 saturated carbocycles. The Balaban J connectivity index is 0.944. The van der Waals surface area contributed by atoms with Gasteiger partial charge in [-0.05, 0) is 195 Å². The summed E-state index contributed by atoms with van der Waals surface area (Å²) in [4.78, 5) is 0. The Bertz CT molecular complexity index is 5220. The quantitative estimate of drug-likeness (QED) is 0.112. The normalized spacial score (nSPS) is 11.8. The highest BCUT2D eigenvalue weighted by Crippen LogP contribution is 2.49. The van der Waals surface area contributed by atoms with Gasteiger partial charge in [0.05, 0.1) is 45.3 Å². The third-order valence-corrected chi connectivity index (χ3v) is 17.6. The SMILES string of the molecule is N#Cc1cc2ccc3cc(-c4ccc5c(-c6ccc(-c7ccccc7)cc6)c6cc(-c7cc8ccc9cc(C#N)cc%10c9c8c(c7)n%10-c7ccccc7)ccc6c(-c6ccc(-c7ccccc7)cc6)c5c4)cc4c3c2c(c1)n4-c1ccccc1. The topological polar surface area (TPSA) is 57.4 Å². The fourth-order valence-electron chi connectivity index (χ4n) is 13.8. The molecule has 17 aromatic rings. The van der Waals surface area contributed by atoms with Crippen LogP contribution < -0.4 is 0 Å². The van der Waals surface area contributed by atoms with Crippen molar-refractivity contribution >= 4 is 86.7 Å². The number of nitrogens with zero attached hydrogens (tertiary/aromatic N) is 4. The second-order valence-electron chi connectivity index (χ2n) is 22.2.